The maximum Gasteiger partial charge on any atom is 0.244 e. The predicted molar refractivity (Wildman–Crippen MR) is 162 cm³/mol. The molecule has 0 bridgehead atoms. The van der Waals surface area contributed by atoms with Crippen LogP contribution in [0.4, 0.5) is 5.69 Å². The molecule has 0 heterocycles. The van der Waals surface area contributed by atoms with Crippen molar-refractivity contribution >= 4 is 50.7 Å². The van der Waals surface area contributed by atoms with Crippen LogP contribution in [-0.4, -0.2) is 50.0 Å². The van der Waals surface area contributed by atoms with Gasteiger partial charge in [0.1, 0.15) is 12.6 Å². The van der Waals surface area contributed by atoms with Gasteiger partial charge in [-0.25, -0.2) is 8.42 Å². The topological polar surface area (TPSA) is 86.8 Å². The molecule has 3 aromatic rings. The van der Waals surface area contributed by atoms with Gasteiger partial charge < -0.3 is 10.2 Å². The van der Waals surface area contributed by atoms with Crippen molar-refractivity contribution in [3.05, 3.63) is 99.0 Å². The van der Waals surface area contributed by atoms with Crippen molar-refractivity contribution in [2.24, 2.45) is 0 Å². The average molecular weight is 605 g/mol. The molecule has 0 aliphatic rings. The van der Waals surface area contributed by atoms with Gasteiger partial charge in [-0.2, -0.15) is 0 Å². The number of halogens is 2. The standard InChI is InChI=1S/C30H35Cl2N3O4S/c1-20(2)33-30(37)28(17-23-11-7-6-8-12-23)34(18-24-14-15-25(31)26(32)16-24)29(36)19-35(40(5,38)39)27-13-9-10-21(3)22(27)4/h6-16,20,28H,17-19H2,1-5H3,(H,33,37)/t28-/m1/s1. The molecular formula is C30H35Cl2N3O4S. The second kappa shape index (κ2) is 13.5. The number of nitrogens with one attached hydrogen (secondary N) is 1. The van der Waals surface area contributed by atoms with Gasteiger partial charge in [0.25, 0.3) is 0 Å². The molecule has 0 fully saturated rings. The zero-order valence-corrected chi connectivity index (χ0v) is 25.6. The van der Waals surface area contributed by atoms with Gasteiger partial charge in [0.2, 0.25) is 21.8 Å². The third-order valence-corrected chi connectivity index (χ3v) is 8.43. The Labute approximate surface area is 247 Å². The predicted octanol–water partition coefficient (Wildman–Crippen LogP) is 5.54. The van der Waals surface area contributed by atoms with E-state index in [1.807, 2.05) is 64.1 Å². The lowest BCUT2D eigenvalue weighted by atomic mass is 10.0. The second-order valence-corrected chi connectivity index (χ2v) is 12.8. The molecule has 0 saturated heterocycles. The number of anilines is 1. The van der Waals surface area contributed by atoms with Crippen LogP contribution in [0.15, 0.2) is 66.7 Å². The largest absolute Gasteiger partial charge is 0.352 e. The maximum absolute atomic E-state index is 14.1. The van der Waals surface area contributed by atoms with Crippen molar-refractivity contribution in [2.45, 2.75) is 52.7 Å². The first-order valence-corrected chi connectivity index (χ1v) is 15.5. The normalized spacial score (nSPS) is 12.2. The molecule has 214 valence electrons. The molecule has 2 amide bonds. The van der Waals surface area contributed by atoms with Crippen LogP contribution in [0.25, 0.3) is 0 Å². The summed E-state index contributed by atoms with van der Waals surface area (Å²) < 4.78 is 27.1. The first-order valence-electron chi connectivity index (χ1n) is 12.9. The van der Waals surface area contributed by atoms with Gasteiger partial charge >= 0.3 is 0 Å². The highest BCUT2D eigenvalue weighted by molar-refractivity contribution is 7.92. The summed E-state index contributed by atoms with van der Waals surface area (Å²) in [7, 11) is -3.85. The van der Waals surface area contributed by atoms with Crippen LogP contribution < -0.4 is 9.62 Å². The minimum atomic E-state index is -3.85. The third-order valence-electron chi connectivity index (χ3n) is 6.56. The Bertz CT molecular complexity index is 1460. The highest BCUT2D eigenvalue weighted by Crippen LogP contribution is 2.27. The van der Waals surface area contributed by atoms with E-state index in [1.54, 1.807) is 30.3 Å². The SMILES string of the molecule is Cc1cccc(N(CC(=O)N(Cc2ccc(Cl)c(Cl)c2)[C@H](Cc2ccccc2)C(=O)NC(C)C)S(C)(=O)=O)c1C. The Morgan fingerprint density at radius 3 is 2.17 bits per heavy atom. The molecule has 0 aliphatic heterocycles. The number of sulfonamides is 1. The van der Waals surface area contributed by atoms with Crippen LogP contribution in [0.3, 0.4) is 0 Å². The van der Waals surface area contributed by atoms with E-state index in [9.17, 15) is 18.0 Å². The number of hydrogen-bond donors (Lipinski definition) is 1. The number of aryl methyl sites for hydroxylation is 1. The summed E-state index contributed by atoms with van der Waals surface area (Å²) in [6.07, 6.45) is 1.30. The fourth-order valence-electron chi connectivity index (χ4n) is 4.37. The monoisotopic (exact) mass is 603 g/mol. The average Bonchev–Trinajstić information content (AvgIpc) is 2.88. The van der Waals surface area contributed by atoms with E-state index in [2.05, 4.69) is 5.32 Å². The van der Waals surface area contributed by atoms with E-state index in [0.29, 0.717) is 21.3 Å². The summed E-state index contributed by atoms with van der Waals surface area (Å²) in [6.45, 7) is 6.91. The smallest absolute Gasteiger partial charge is 0.244 e. The number of carbonyl (C=O) groups is 2. The Balaban J connectivity index is 2.10. The van der Waals surface area contributed by atoms with Gasteiger partial charge in [-0.3, -0.25) is 13.9 Å². The molecule has 3 rings (SSSR count). The van der Waals surface area contributed by atoms with Gasteiger partial charge in [-0.1, -0.05) is 71.7 Å². The summed E-state index contributed by atoms with van der Waals surface area (Å²) in [5.41, 5.74) is 3.56. The zero-order chi connectivity index (χ0) is 29.6. The van der Waals surface area contributed by atoms with Crippen LogP contribution in [0.2, 0.25) is 10.0 Å². The van der Waals surface area contributed by atoms with Crippen molar-refractivity contribution in [1.82, 2.24) is 10.2 Å². The molecule has 40 heavy (non-hydrogen) atoms. The van der Waals surface area contributed by atoms with E-state index in [4.69, 9.17) is 23.2 Å². The quantitative estimate of drug-likeness (QED) is 0.312. The highest BCUT2D eigenvalue weighted by atomic mass is 35.5. The summed E-state index contributed by atoms with van der Waals surface area (Å²) in [4.78, 5) is 29.1. The highest BCUT2D eigenvalue weighted by Gasteiger charge is 2.33. The molecule has 0 aromatic heterocycles. The Kier molecular flexibility index (Phi) is 10.6. The minimum absolute atomic E-state index is 0.0170. The molecular weight excluding hydrogens is 569 g/mol. The number of amides is 2. The number of nitrogens with zero attached hydrogens (tertiary/aromatic N) is 2. The summed E-state index contributed by atoms with van der Waals surface area (Å²) >= 11 is 12.4. The van der Waals surface area contributed by atoms with Gasteiger partial charge in [0.05, 0.1) is 22.0 Å². The summed E-state index contributed by atoms with van der Waals surface area (Å²) in [5, 5.41) is 3.60. The van der Waals surface area contributed by atoms with Crippen LogP contribution >= 0.6 is 23.2 Å². The molecule has 7 nitrogen and oxygen atoms in total. The van der Waals surface area contributed by atoms with E-state index >= 15 is 0 Å². The van der Waals surface area contributed by atoms with E-state index in [-0.39, 0.29) is 24.9 Å². The Morgan fingerprint density at radius 2 is 1.57 bits per heavy atom. The van der Waals surface area contributed by atoms with Crippen molar-refractivity contribution in [3.63, 3.8) is 0 Å². The summed E-state index contributed by atoms with van der Waals surface area (Å²) in [5.74, 6) is -0.873. The number of carbonyl (C=O) groups excluding carboxylic acids is 2. The van der Waals surface area contributed by atoms with E-state index in [0.717, 1.165) is 27.3 Å². The second-order valence-electron chi connectivity index (χ2n) is 10.1. The van der Waals surface area contributed by atoms with Crippen LogP contribution in [0.5, 0.6) is 0 Å². The fourth-order valence-corrected chi connectivity index (χ4v) is 5.59. The van der Waals surface area contributed by atoms with Crippen molar-refractivity contribution in [3.8, 4) is 0 Å². The molecule has 1 atom stereocenters. The molecule has 0 aliphatic carbocycles. The van der Waals surface area contributed by atoms with Gasteiger partial charge in [-0.05, 0) is 68.1 Å². The zero-order valence-electron chi connectivity index (χ0n) is 23.3. The van der Waals surface area contributed by atoms with Crippen LogP contribution in [0, 0.1) is 13.8 Å². The van der Waals surface area contributed by atoms with Crippen molar-refractivity contribution in [1.29, 1.82) is 0 Å². The first-order chi connectivity index (χ1) is 18.8. The molecule has 3 aromatic carbocycles. The number of hydrogen-bond acceptors (Lipinski definition) is 4. The van der Waals surface area contributed by atoms with Crippen molar-refractivity contribution < 1.29 is 18.0 Å². The fraction of sp³-hybridized carbons (Fsp3) is 0.333. The van der Waals surface area contributed by atoms with Gasteiger partial charge in [0.15, 0.2) is 0 Å². The molecule has 0 unspecified atom stereocenters. The lowest BCUT2D eigenvalue weighted by Crippen LogP contribution is -2.54. The lowest BCUT2D eigenvalue weighted by Gasteiger charge is -2.34. The molecule has 0 radical (unpaired) electrons. The van der Waals surface area contributed by atoms with E-state index < -0.39 is 28.5 Å². The van der Waals surface area contributed by atoms with Gasteiger partial charge in [-0.15, -0.1) is 0 Å². The molecule has 10 heteroatoms. The lowest BCUT2D eigenvalue weighted by molar-refractivity contribution is -0.140. The first kappa shape index (κ1) is 31.5. The maximum atomic E-state index is 14.1. The number of rotatable bonds is 11. The molecule has 1 N–H and O–H groups in total. The van der Waals surface area contributed by atoms with Gasteiger partial charge in [0, 0.05) is 19.0 Å². The summed E-state index contributed by atoms with van der Waals surface area (Å²) in [6, 6.07) is 18.6. The Morgan fingerprint density at radius 1 is 0.900 bits per heavy atom. The Hall–Kier alpha value is -3.07. The van der Waals surface area contributed by atoms with E-state index in [1.165, 1.54) is 4.90 Å². The van der Waals surface area contributed by atoms with Crippen LogP contribution in [0.1, 0.15) is 36.1 Å². The minimum Gasteiger partial charge on any atom is -0.352 e. The van der Waals surface area contributed by atoms with Crippen LogP contribution in [-0.2, 0) is 32.6 Å². The molecule has 0 saturated carbocycles. The number of benzene rings is 3. The van der Waals surface area contributed by atoms with Crippen molar-refractivity contribution in [2.75, 3.05) is 17.1 Å². The third kappa shape index (κ3) is 8.22. The molecule has 0 spiro atoms.